The van der Waals surface area contributed by atoms with Gasteiger partial charge in [-0.2, -0.15) is 13.9 Å². The molecule has 0 aliphatic heterocycles. The molecule has 0 unspecified atom stereocenters. The number of rotatable bonds is 6. The van der Waals surface area contributed by atoms with E-state index < -0.39 is 18.3 Å². The van der Waals surface area contributed by atoms with Crippen molar-refractivity contribution in [3.63, 3.8) is 0 Å². The van der Waals surface area contributed by atoms with E-state index in [9.17, 15) is 18.0 Å². The van der Waals surface area contributed by atoms with Crippen LogP contribution in [0, 0.1) is 5.82 Å². The van der Waals surface area contributed by atoms with Crippen molar-refractivity contribution in [2.24, 2.45) is 0 Å². The van der Waals surface area contributed by atoms with Crippen LogP contribution in [-0.4, -0.2) is 31.8 Å². The summed E-state index contributed by atoms with van der Waals surface area (Å²) in [7, 11) is 0. The lowest BCUT2D eigenvalue weighted by molar-refractivity contribution is 0.0670. The number of carbonyl (C=O) groups is 1. The molecule has 3 rings (SSSR count). The van der Waals surface area contributed by atoms with Crippen molar-refractivity contribution in [1.82, 2.24) is 24.6 Å². The third-order valence-corrected chi connectivity index (χ3v) is 3.55. The summed E-state index contributed by atoms with van der Waals surface area (Å²) < 4.78 is 41.6. The maximum atomic E-state index is 14.1. The summed E-state index contributed by atoms with van der Waals surface area (Å²) in [5.41, 5.74) is 0.353. The van der Waals surface area contributed by atoms with Gasteiger partial charge >= 0.3 is 6.55 Å². The van der Waals surface area contributed by atoms with Crippen molar-refractivity contribution in [2.75, 3.05) is 6.54 Å². The van der Waals surface area contributed by atoms with Gasteiger partial charge in [0.25, 0.3) is 5.91 Å². The van der Waals surface area contributed by atoms with Crippen LogP contribution in [0.25, 0.3) is 5.69 Å². The van der Waals surface area contributed by atoms with Crippen LogP contribution < -0.4 is 5.32 Å². The van der Waals surface area contributed by atoms with E-state index in [0.717, 1.165) is 10.6 Å². The number of hydrogen-bond acceptors (Lipinski definition) is 3. The predicted octanol–water partition coefficient (Wildman–Crippen LogP) is 2.58. The Labute approximate surface area is 140 Å². The molecule has 0 atom stereocenters. The lowest BCUT2D eigenvalue weighted by Gasteiger charge is -2.09. The van der Waals surface area contributed by atoms with Gasteiger partial charge in [-0.1, -0.05) is 0 Å². The summed E-state index contributed by atoms with van der Waals surface area (Å²) in [6.07, 6.45) is 5.68. The number of benzene rings is 1. The molecule has 0 spiro atoms. The zero-order valence-corrected chi connectivity index (χ0v) is 12.9. The molecule has 0 saturated heterocycles. The molecule has 1 aromatic carbocycles. The zero-order chi connectivity index (χ0) is 17.8. The fraction of sp³-hybridized carbons (Fsp3) is 0.188. The highest BCUT2D eigenvalue weighted by Gasteiger charge is 2.13. The summed E-state index contributed by atoms with van der Waals surface area (Å²) in [5, 5.41) is 6.49. The summed E-state index contributed by atoms with van der Waals surface area (Å²) in [6.45, 7) is -2.58. The molecule has 2 heterocycles. The summed E-state index contributed by atoms with van der Waals surface area (Å²) in [5.74, 6) is -0.929. The Morgan fingerprint density at radius 2 is 2.08 bits per heavy atom. The predicted molar refractivity (Wildman–Crippen MR) is 83.0 cm³/mol. The molecule has 1 amide bonds. The zero-order valence-electron chi connectivity index (χ0n) is 12.9. The van der Waals surface area contributed by atoms with E-state index in [2.05, 4.69) is 15.4 Å². The molecular formula is C16H14F3N5O. The second-order valence-corrected chi connectivity index (χ2v) is 5.15. The Hall–Kier alpha value is -3.10. The maximum Gasteiger partial charge on any atom is 0.319 e. The Morgan fingerprint density at radius 3 is 2.76 bits per heavy atom. The summed E-state index contributed by atoms with van der Waals surface area (Å²) in [6, 6.07) is 5.67. The van der Waals surface area contributed by atoms with Gasteiger partial charge in [-0.05, 0) is 24.3 Å². The highest BCUT2D eigenvalue weighted by molar-refractivity contribution is 5.94. The van der Waals surface area contributed by atoms with Gasteiger partial charge in [0.2, 0.25) is 0 Å². The van der Waals surface area contributed by atoms with Crippen LogP contribution in [0.1, 0.15) is 22.7 Å². The average molecular weight is 349 g/mol. The highest BCUT2D eigenvalue weighted by Crippen LogP contribution is 2.15. The number of amides is 1. The van der Waals surface area contributed by atoms with E-state index in [1.165, 1.54) is 35.4 Å². The van der Waals surface area contributed by atoms with Gasteiger partial charge in [0, 0.05) is 43.3 Å². The second-order valence-electron chi connectivity index (χ2n) is 5.15. The number of aromatic nitrogens is 4. The monoisotopic (exact) mass is 349 g/mol. The standard InChI is InChI=1S/C16H14F3N5O/c17-12-10-11(2-3-13(12)24-8-1-5-22-24)15(25)21-6-4-14-20-7-9-23(14)16(18)19/h1-3,5,7-10,16H,4,6H2,(H,21,25). The molecule has 130 valence electrons. The molecule has 0 bridgehead atoms. The van der Waals surface area contributed by atoms with Crippen LogP contribution in [0.2, 0.25) is 0 Å². The number of hydrogen-bond donors (Lipinski definition) is 1. The average Bonchev–Trinajstić information content (AvgIpc) is 3.26. The van der Waals surface area contributed by atoms with Crippen molar-refractivity contribution < 1.29 is 18.0 Å². The van der Waals surface area contributed by atoms with Gasteiger partial charge in [0.05, 0.1) is 0 Å². The molecule has 2 aromatic heterocycles. The Morgan fingerprint density at radius 1 is 1.24 bits per heavy atom. The van der Waals surface area contributed by atoms with Crippen LogP contribution in [0.4, 0.5) is 13.2 Å². The minimum Gasteiger partial charge on any atom is -0.352 e. The number of halogens is 3. The number of imidazole rings is 1. The largest absolute Gasteiger partial charge is 0.352 e. The third kappa shape index (κ3) is 3.70. The summed E-state index contributed by atoms with van der Waals surface area (Å²) >= 11 is 0. The Balaban J connectivity index is 1.62. The van der Waals surface area contributed by atoms with E-state index in [1.807, 2.05) is 0 Å². The minimum atomic E-state index is -2.68. The van der Waals surface area contributed by atoms with Gasteiger partial charge < -0.3 is 5.32 Å². The fourth-order valence-corrected chi connectivity index (χ4v) is 2.35. The van der Waals surface area contributed by atoms with E-state index in [-0.39, 0.29) is 30.0 Å². The molecule has 9 heteroatoms. The van der Waals surface area contributed by atoms with Gasteiger partial charge in [0.1, 0.15) is 17.3 Å². The maximum absolute atomic E-state index is 14.1. The normalized spacial score (nSPS) is 11.0. The van der Waals surface area contributed by atoms with Crippen molar-refractivity contribution in [3.05, 3.63) is 66.3 Å². The van der Waals surface area contributed by atoms with Crippen LogP contribution in [0.15, 0.2) is 49.1 Å². The SMILES string of the molecule is O=C(NCCc1nccn1C(F)F)c1ccc(-n2cccn2)c(F)c1. The van der Waals surface area contributed by atoms with Crippen LogP contribution >= 0.6 is 0 Å². The molecule has 3 aromatic rings. The quantitative estimate of drug-likeness (QED) is 0.744. The first-order valence-corrected chi connectivity index (χ1v) is 7.44. The van der Waals surface area contributed by atoms with E-state index in [0.29, 0.717) is 0 Å². The smallest absolute Gasteiger partial charge is 0.319 e. The Bertz CT molecular complexity index is 861. The molecule has 0 radical (unpaired) electrons. The molecule has 1 N–H and O–H groups in total. The topological polar surface area (TPSA) is 64.7 Å². The first-order chi connectivity index (χ1) is 12.1. The molecule has 0 aliphatic rings. The molecule has 25 heavy (non-hydrogen) atoms. The number of nitrogens with one attached hydrogen (secondary N) is 1. The van der Waals surface area contributed by atoms with E-state index >= 15 is 0 Å². The van der Waals surface area contributed by atoms with Gasteiger partial charge in [-0.25, -0.2) is 14.1 Å². The third-order valence-electron chi connectivity index (χ3n) is 3.55. The van der Waals surface area contributed by atoms with Gasteiger partial charge in [-0.15, -0.1) is 0 Å². The molecule has 6 nitrogen and oxygen atoms in total. The fourth-order valence-electron chi connectivity index (χ4n) is 2.35. The number of nitrogens with zero attached hydrogens (tertiary/aromatic N) is 4. The lowest BCUT2D eigenvalue weighted by atomic mass is 10.2. The first kappa shape index (κ1) is 16.7. The first-order valence-electron chi connectivity index (χ1n) is 7.44. The molecule has 0 fully saturated rings. The summed E-state index contributed by atoms with van der Waals surface area (Å²) in [4.78, 5) is 15.9. The minimum absolute atomic E-state index is 0.102. The van der Waals surface area contributed by atoms with Crippen molar-refractivity contribution in [1.29, 1.82) is 0 Å². The molecule has 0 aliphatic carbocycles. The lowest BCUT2D eigenvalue weighted by Crippen LogP contribution is -2.26. The van der Waals surface area contributed by atoms with Gasteiger partial charge in [0.15, 0.2) is 0 Å². The number of alkyl halides is 2. The van der Waals surface area contributed by atoms with Gasteiger partial charge in [-0.3, -0.25) is 9.36 Å². The van der Waals surface area contributed by atoms with E-state index in [4.69, 9.17) is 0 Å². The van der Waals surface area contributed by atoms with Crippen LogP contribution in [-0.2, 0) is 6.42 Å². The molecule has 0 saturated carbocycles. The second kappa shape index (κ2) is 7.20. The van der Waals surface area contributed by atoms with Crippen molar-refractivity contribution in [2.45, 2.75) is 13.0 Å². The number of carbonyl (C=O) groups excluding carboxylic acids is 1. The Kier molecular flexibility index (Phi) is 4.82. The van der Waals surface area contributed by atoms with E-state index in [1.54, 1.807) is 12.3 Å². The van der Waals surface area contributed by atoms with Crippen LogP contribution in [0.5, 0.6) is 0 Å². The highest BCUT2D eigenvalue weighted by atomic mass is 19.3. The van der Waals surface area contributed by atoms with Crippen molar-refractivity contribution in [3.8, 4) is 5.69 Å². The van der Waals surface area contributed by atoms with Crippen molar-refractivity contribution >= 4 is 5.91 Å². The van der Waals surface area contributed by atoms with Crippen LogP contribution in [0.3, 0.4) is 0 Å². The molecular weight excluding hydrogens is 335 g/mol.